The fourth-order valence-corrected chi connectivity index (χ4v) is 6.52. The number of nitrogens with one attached hydrogen (secondary N) is 1. The van der Waals surface area contributed by atoms with Gasteiger partial charge in [0, 0.05) is 62.0 Å². The van der Waals surface area contributed by atoms with Crippen LogP contribution in [0.25, 0.3) is 6.08 Å². The zero-order valence-electron chi connectivity index (χ0n) is 24.8. The first-order chi connectivity index (χ1) is 20.4. The molecule has 2 N–H and O–H groups in total. The Kier molecular flexibility index (Phi) is 8.68. The Balaban J connectivity index is 1.18. The molecule has 2 aromatic heterocycles. The third kappa shape index (κ3) is 6.96. The number of hydrogen-bond donors (Lipinski definition) is 2. The van der Waals surface area contributed by atoms with E-state index in [9.17, 15) is 24.3 Å². The lowest BCUT2D eigenvalue weighted by atomic mass is 9.71. The van der Waals surface area contributed by atoms with Gasteiger partial charge in [-0.3, -0.25) is 19.3 Å². The molecule has 1 spiro atoms. The SMILES string of the molecule is CC(C)(C)N(CC(=O)N1CCC2(CC1)Cc1cc(C=CC(=O)N3CC=C(Cc4nccs4)CC3)cnc1NC2=O)C(=O)O. The Morgan fingerprint density at radius 1 is 1.16 bits per heavy atom. The number of anilines is 1. The van der Waals surface area contributed by atoms with Crippen LogP contribution in [0.5, 0.6) is 0 Å². The van der Waals surface area contributed by atoms with Crippen molar-refractivity contribution in [2.45, 2.75) is 58.4 Å². The lowest BCUT2D eigenvalue weighted by molar-refractivity contribution is -0.139. The molecule has 5 rings (SSSR count). The normalized spacial score (nSPS) is 18.3. The zero-order chi connectivity index (χ0) is 30.8. The number of likely N-dealkylation sites (tertiary alicyclic amines) is 1. The lowest BCUT2D eigenvalue weighted by Gasteiger charge is -2.43. The molecule has 0 radical (unpaired) electrons. The number of thiazole rings is 1. The molecule has 0 unspecified atom stereocenters. The molecule has 0 bridgehead atoms. The number of carboxylic acid groups (broad SMARTS) is 1. The Bertz CT molecular complexity index is 1450. The Hall–Kier alpha value is -4.06. The van der Waals surface area contributed by atoms with Crippen molar-refractivity contribution in [3.8, 4) is 0 Å². The third-order valence-corrected chi connectivity index (χ3v) is 9.31. The molecule has 2 aromatic rings. The van der Waals surface area contributed by atoms with Crippen LogP contribution >= 0.6 is 11.3 Å². The third-order valence-electron chi connectivity index (χ3n) is 8.53. The maximum Gasteiger partial charge on any atom is 0.408 e. The first-order valence-corrected chi connectivity index (χ1v) is 15.4. The largest absolute Gasteiger partial charge is 0.465 e. The molecule has 3 aliphatic rings. The summed E-state index contributed by atoms with van der Waals surface area (Å²) in [6, 6.07) is 1.96. The highest BCUT2D eigenvalue weighted by molar-refractivity contribution is 7.09. The van der Waals surface area contributed by atoms with Crippen LogP contribution < -0.4 is 5.32 Å². The topological polar surface area (TPSA) is 136 Å². The molecule has 0 atom stereocenters. The quantitative estimate of drug-likeness (QED) is 0.377. The summed E-state index contributed by atoms with van der Waals surface area (Å²) in [4.78, 5) is 64.1. The fraction of sp³-hybridized carbons (Fsp3) is 0.484. The number of rotatable bonds is 6. The first-order valence-electron chi connectivity index (χ1n) is 14.6. The highest BCUT2D eigenvalue weighted by Gasteiger charge is 2.46. The molecule has 4 amide bonds. The average Bonchev–Trinajstić information content (AvgIpc) is 3.48. The van der Waals surface area contributed by atoms with Crippen molar-refractivity contribution in [1.82, 2.24) is 24.7 Å². The van der Waals surface area contributed by atoms with Crippen molar-refractivity contribution in [2.75, 3.05) is 38.0 Å². The summed E-state index contributed by atoms with van der Waals surface area (Å²) in [7, 11) is 0. The Morgan fingerprint density at radius 3 is 2.56 bits per heavy atom. The van der Waals surface area contributed by atoms with E-state index in [1.54, 1.807) is 55.4 Å². The second-order valence-electron chi connectivity index (χ2n) is 12.4. The van der Waals surface area contributed by atoms with E-state index in [1.807, 2.05) is 22.5 Å². The van der Waals surface area contributed by atoms with Crippen molar-refractivity contribution >= 4 is 47.0 Å². The first kappa shape index (κ1) is 30.4. The standard InChI is InChI=1S/C31H38N6O5S/c1-30(2,3)37(29(41)42)20-26(39)36-13-8-31(9-14-36)18-23-16-22(19-33-27(23)34-28(31)40)4-5-25(38)35-11-6-21(7-12-35)17-24-32-10-15-43-24/h4-6,10,15-16,19H,7-9,11-14,17-18,20H2,1-3H3,(H,41,42)(H,33,34,40). The maximum atomic E-state index is 13.2. The molecule has 0 aliphatic carbocycles. The van der Waals surface area contributed by atoms with Crippen molar-refractivity contribution in [2.24, 2.45) is 5.41 Å². The van der Waals surface area contributed by atoms with Crippen molar-refractivity contribution in [3.63, 3.8) is 0 Å². The van der Waals surface area contributed by atoms with E-state index in [2.05, 4.69) is 21.4 Å². The van der Waals surface area contributed by atoms with Gasteiger partial charge >= 0.3 is 6.09 Å². The zero-order valence-corrected chi connectivity index (χ0v) is 25.7. The summed E-state index contributed by atoms with van der Waals surface area (Å²) in [5.41, 5.74) is 1.60. The number of fused-ring (bicyclic) bond motifs is 1. The molecule has 11 nitrogen and oxygen atoms in total. The molecule has 5 heterocycles. The van der Waals surface area contributed by atoms with Gasteiger partial charge in [-0.25, -0.2) is 14.8 Å². The van der Waals surface area contributed by atoms with E-state index >= 15 is 0 Å². The number of piperidine rings is 1. The summed E-state index contributed by atoms with van der Waals surface area (Å²) in [6.45, 7) is 7.02. The highest BCUT2D eigenvalue weighted by atomic mass is 32.1. The number of carbonyl (C=O) groups is 4. The van der Waals surface area contributed by atoms with Gasteiger partial charge in [0.25, 0.3) is 0 Å². The van der Waals surface area contributed by atoms with Crippen LogP contribution in [-0.2, 0) is 27.2 Å². The van der Waals surface area contributed by atoms with Crippen molar-refractivity contribution in [1.29, 1.82) is 0 Å². The van der Waals surface area contributed by atoms with Crippen LogP contribution in [0, 0.1) is 5.41 Å². The second-order valence-corrected chi connectivity index (χ2v) is 13.4. The van der Waals surface area contributed by atoms with Gasteiger partial charge in [0.05, 0.1) is 10.4 Å². The van der Waals surface area contributed by atoms with Gasteiger partial charge in [-0.05, 0) is 69.7 Å². The number of amides is 4. The Morgan fingerprint density at radius 2 is 1.93 bits per heavy atom. The predicted octanol–water partition coefficient (Wildman–Crippen LogP) is 3.83. The van der Waals surface area contributed by atoms with Gasteiger partial charge in [0.2, 0.25) is 17.7 Å². The smallest absolute Gasteiger partial charge is 0.408 e. The van der Waals surface area contributed by atoms with Crippen LogP contribution in [0.3, 0.4) is 0 Å². The molecule has 3 aliphatic heterocycles. The summed E-state index contributed by atoms with van der Waals surface area (Å²) in [6.07, 6.45) is 10.9. The fourth-order valence-electron chi connectivity index (χ4n) is 5.85. The van der Waals surface area contributed by atoms with E-state index in [0.717, 1.165) is 33.9 Å². The van der Waals surface area contributed by atoms with Gasteiger partial charge in [-0.1, -0.05) is 11.6 Å². The predicted molar refractivity (Wildman–Crippen MR) is 163 cm³/mol. The molecule has 43 heavy (non-hydrogen) atoms. The van der Waals surface area contributed by atoms with Crippen molar-refractivity contribution in [3.05, 3.63) is 57.7 Å². The molecule has 0 aromatic carbocycles. The molecular formula is C31H38N6O5S. The van der Waals surface area contributed by atoms with E-state index in [1.165, 1.54) is 5.57 Å². The number of hydrogen-bond acceptors (Lipinski definition) is 7. The van der Waals surface area contributed by atoms with Crippen molar-refractivity contribution < 1.29 is 24.3 Å². The summed E-state index contributed by atoms with van der Waals surface area (Å²) in [5.74, 6) is 0.0978. The monoisotopic (exact) mass is 606 g/mol. The minimum Gasteiger partial charge on any atom is -0.465 e. The average molecular weight is 607 g/mol. The van der Waals surface area contributed by atoms with Gasteiger partial charge < -0.3 is 20.2 Å². The van der Waals surface area contributed by atoms with Crippen LogP contribution in [0.4, 0.5) is 10.6 Å². The molecule has 0 saturated carbocycles. The minimum atomic E-state index is -1.14. The number of pyridine rings is 1. The molecule has 228 valence electrons. The van der Waals surface area contributed by atoms with Gasteiger partial charge in [-0.15, -0.1) is 11.3 Å². The Labute approximate surface area is 255 Å². The number of carbonyl (C=O) groups excluding carboxylic acids is 3. The molecular weight excluding hydrogens is 568 g/mol. The van der Waals surface area contributed by atoms with E-state index in [4.69, 9.17) is 0 Å². The highest BCUT2D eigenvalue weighted by Crippen LogP contribution is 2.41. The summed E-state index contributed by atoms with van der Waals surface area (Å²) >= 11 is 1.64. The second kappa shape index (κ2) is 12.3. The maximum absolute atomic E-state index is 13.2. The van der Waals surface area contributed by atoms with E-state index < -0.39 is 17.0 Å². The number of nitrogens with zero attached hydrogens (tertiary/aromatic N) is 5. The lowest BCUT2D eigenvalue weighted by Crippen LogP contribution is -2.55. The van der Waals surface area contributed by atoms with Crippen LogP contribution in [-0.4, -0.2) is 91.9 Å². The van der Waals surface area contributed by atoms with E-state index in [0.29, 0.717) is 51.3 Å². The van der Waals surface area contributed by atoms with Gasteiger partial charge in [0.15, 0.2) is 0 Å². The van der Waals surface area contributed by atoms with Gasteiger partial charge in [0.1, 0.15) is 12.4 Å². The van der Waals surface area contributed by atoms with Gasteiger partial charge in [-0.2, -0.15) is 0 Å². The summed E-state index contributed by atoms with van der Waals surface area (Å²) < 4.78 is 0. The van der Waals surface area contributed by atoms with Crippen LogP contribution in [0.1, 0.15) is 56.2 Å². The van der Waals surface area contributed by atoms with E-state index in [-0.39, 0.29) is 24.3 Å². The van der Waals surface area contributed by atoms with Crippen LogP contribution in [0.15, 0.2) is 41.6 Å². The molecule has 1 saturated heterocycles. The molecule has 12 heteroatoms. The minimum absolute atomic E-state index is 0.0583. The van der Waals surface area contributed by atoms with Crippen LogP contribution in [0.2, 0.25) is 0 Å². The summed E-state index contributed by atoms with van der Waals surface area (Å²) in [5, 5.41) is 15.6. The number of aromatic nitrogens is 2. The molecule has 1 fully saturated rings.